The lowest BCUT2D eigenvalue weighted by Gasteiger charge is -2.23. The zero-order valence-electron chi connectivity index (χ0n) is 16.3. The van der Waals surface area contributed by atoms with Crippen molar-refractivity contribution in [3.63, 3.8) is 0 Å². The largest absolute Gasteiger partial charge is 0.474 e. The van der Waals surface area contributed by atoms with Crippen molar-refractivity contribution >= 4 is 16.8 Å². The van der Waals surface area contributed by atoms with Crippen molar-refractivity contribution < 1.29 is 14.3 Å². The zero-order valence-corrected chi connectivity index (χ0v) is 16.3. The molecular weight excluding hydrogens is 358 g/mol. The maximum Gasteiger partial charge on any atom is 0.271 e. The maximum absolute atomic E-state index is 12.3. The minimum Gasteiger partial charge on any atom is -0.474 e. The molecule has 1 amide bonds. The molecule has 1 aliphatic heterocycles. The number of hydrogen-bond acceptors (Lipinski definition) is 6. The molecule has 146 valence electrons. The van der Waals surface area contributed by atoms with Gasteiger partial charge >= 0.3 is 0 Å². The lowest BCUT2D eigenvalue weighted by atomic mass is 10.1. The predicted octanol–water partition coefficient (Wildman–Crippen LogP) is 2.29. The summed E-state index contributed by atoms with van der Waals surface area (Å²) in [6.45, 7) is 1.39. The van der Waals surface area contributed by atoms with Crippen LogP contribution < -0.4 is 4.74 Å². The van der Waals surface area contributed by atoms with Crippen LogP contribution in [0.3, 0.4) is 0 Å². The van der Waals surface area contributed by atoms with Crippen molar-refractivity contribution in [3.05, 3.63) is 36.3 Å². The average molecular weight is 381 g/mol. The van der Waals surface area contributed by atoms with Crippen LogP contribution in [0.15, 0.2) is 30.6 Å². The van der Waals surface area contributed by atoms with E-state index in [1.807, 2.05) is 19.2 Å². The van der Waals surface area contributed by atoms with Crippen molar-refractivity contribution in [1.29, 1.82) is 0 Å². The van der Waals surface area contributed by atoms with Crippen molar-refractivity contribution in [1.82, 2.24) is 24.6 Å². The van der Waals surface area contributed by atoms with E-state index in [4.69, 9.17) is 9.47 Å². The number of fused-ring (bicyclic) bond motifs is 1. The SMILES string of the molecule is CN(C)C(=O)c1cc(-c2nn(C)c3ccnc(OC4CCOCC4)c23)ccn1. The number of carbonyl (C=O) groups is 1. The van der Waals surface area contributed by atoms with E-state index in [-0.39, 0.29) is 12.0 Å². The molecule has 0 spiro atoms. The number of nitrogens with zero attached hydrogens (tertiary/aromatic N) is 5. The lowest BCUT2D eigenvalue weighted by Crippen LogP contribution is -2.26. The summed E-state index contributed by atoms with van der Waals surface area (Å²) < 4.78 is 13.4. The topological polar surface area (TPSA) is 82.4 Å². The highest BCUT2D eigenvalue weighted by atomic mass is 16.5. The molecule has 0 bridgehead atoms. The fraction of sp³-hybridized carbons (Fsp3) is 0.400. The highest BCUT2D eigenvalue weighted by molar-refractivity contribution is 5.98. The van der Waals surface area contributed by atoms with Gasteiger partial charge in [-0.1, -0.05) is 0 Å². The number of hydrogen-bond donors (Lipinski definition) is 0. The van der Waals surface area contributed by atoms with Gasteiger partial charge in [-0.05, 0) is 18.2 Å². The molecule has 8 heteroatoms. The number of aromatic nitrogens is 4. The monoisotopic (exact) mass is 381 g/mol. The number of ether oxygens (including phenoxy) is 2. The molecule has 28 heavy (non-hydrogen) atoms. The summed E-state index contributed by atoms with van der Waals surface area (Å²) in [7, 11) is 5.30. The fourth-order valence-corrected chi connectivity index (χ4v) is 3.35. The van der Waals surface area contributed by atoms with Gasteiger partial charge in [0.1, 0.15) is 17.5 Å². The Bertz CT molecular complexity index is 1010. The second-order valence-electron chi connectivity index (χ2n) is 7.04. The number of pyridine rings is 2. The number of aryl methyl sites for hydroxylation is 1. The van der Waals surface area contributed by atoms with E-state index in [1.54, 1.807) is 37.2 Å². The smallest absolute Gasteiger partial charge is 0.271 e. The van der Waals surface area contributed by atoms with Crippen LogP contribution in [0, 0.1) is 0 Å². The van der Waals surface area contributed by atoms with Gasteiger partial charge in [0.05, 0.1) is 24.1 Å². The first kappa shape index (κ1) is 18.4. The van der Waals surface area contributed by atoms with E-state index in [1.165, 1.54) is 4.90 Å². The van der Waals surface area contributed by atoms with E-state index < -0.39 is 0 Å². The summed E-state index contributed by atoms with van der Waals surface area (Å²) in [5.41, 5.74) is 2.82. The fourth-order valence-electron chi connectivity index (χ4n) is 3.35. The highest BCUT2D eigenvalue weighted by Gasteiger charge is 2.22. The minimum absolute atomic E-state index is 0.0724. The molecule has 1 saturated heterocycles. The van der Waals surface area contributed by atoms with Gasteiger partial charge in [-0.15, -0.1) is 0 Å². The molecule has 0 radical (unpaired) electrons. The van der Waals surface area contributed by atoms with Gasteiger partial charge in [0.2, 0.25) is 5.88 Å². The van der Waals surface area contributed by atoms with E-state index in [9.17, 15) is 4.79 Å². The summed E-state index contributed by atoms with van der Waals surface area (Å²) >= 11 is 0. The molecule has 8 nitrogen and oxygen atoms in total. The summed E-state index contributed by atoms with van der Waals surface area (Å²) in [6, 6.07) is 5.52. The molecule has 0 atom stereocenters. The van der Waals surface area contributed by atoms with Crippen LogP contribution in [0.25, 0.3) is 22.2 Å². The third-order valence-corrected chi connectivity index (χ3v) is 4.83. The zero-order chi connectivity index (χ0) is 19.7. The van der Waals surface area contributed by atoms with E-state index in [2.05, 4.69) is 15.1 Å². The molecule has 0 N–H and O–H groups in total. The van der Waals surface area contributed by atoms with Gasteiger partial charge < -0.3 is 14.4 Å². The number of amides is 1. The van der Waals surface area contributed by atoms with E-state index >= 15 is 0 Å². The molecule has 1 fully saturated rings. The Kier molecular flexibility index (Phi) is 4.95. The Morgan fingerprint density at radius 3 is 2.71 bits per heavy atom. The quantitative estimate of drug-likeness (QED) is 0.690. The molecule has 0 unspecified atom stereocenters. The van der Waals surface area contributed by atoms with Crippen LogP contribution >= 0.6 is 0 Å². The Labute approximate surface area is 163 Å². The van der Waals surface area contributed by atoms with Crippen molar-refractivity contribution in [2.75, 3.05) is 27.3 Å². The van der Waals surface area contributed by atoms with Crippen molar-refractivity contribution in [3.8, 4) is 17.1 Å². The highest BCUT2D eigenvalue weighted by Crippen LogP contribution is 2.34. The maximum atomic E-state index is 12.3. The Morgan fingerprint density at radius 2 is 1.96 bits per heavy atom. The Balaban J connectivity index is 1.79. The molecule has 0 saturated carbocycles. The molecule has 0 aromatic carbocycles. The first-order chi connectivity index (χ1) is 13.5. The van der Waals surface area contributed by atoms with E-state index in [0.717, 1.165) is 35.0 Å². The molecule has 1 aliphatic rings. The summed E-state index contributed by atoms with van der Waals surface area (Å²) in [5.74, 6) is 0.406. The second kappa shape index (κ2) is 7.55. The van der Waals surface area contributed by atoms with Gasteiger partial charge in [0.25, 0.3) is 5.91 Å². The number of carbonyl (C=O) groups excluding carboxylic acids is 1. The van der Waals surface area contributed by atoms with Crippen LogP contribution in [0.2, 0.25) is 0 Å². The lowest BCUT2D eigenvalue weighted by molar-refractivity contribution is 0.0244. The van der Waals surface area contributed by atoms with Gasteiger partial charge in [-0.25, -0.2) is 4.98 Å². The first-order valence-electron chi connectivity index (χ1n) is 9.29. The molecule has 4 rings (SSSR count). The third-order valence-electron chi connectivity index (χ3n) is 4.83. The van der Waals surface area contributed by atoms with Gasteiger partial charge in [-0.2, -0.15) is 5.10 Å². The van der Waals surface area contributed by atoms with Crippen LogP contribution in [-0.2, 0) is 11.8 Å². The Hall–Kier alpha value is -3.00. The first-order valence-corrected chi connectivity index (χ1v) is 9.29. The normalized spacial score (nSPS) is 15.0. The molecule has 3 aromatic heterocycles. The summed E-state index contributed by atoms with van der Waals surface area (Å²) in [6.07, 6.45) is 5.11. The average Bonchev–Trinajstić information content (AvgIpc) is 3.06. The third kappa shape index (κ3) is 3.43. The van der Waals surface area contributed by atoms with Crippen LogP contribution in [0.1, 0.15) is 23.3 Å². The molecule has 4 heterocycles. The second-order valence-corrected chi connectivity index (χ2v) is 7.04. The van der Waals surface area contributed by atoms with Gasteiger partial charge in [-0.3, -0.25) is 14.5 Å². The number of rotatable bonds is 4. The molecular formula is C20H23N5O3. The van der Waals surface area contributed by atoms with Crippen LogP contribution in [0.4, 0.5) is 0 Å². The minimum atomic E-state index is -0.154. The van der Waals surface area contributed by atoms with Gasteiger partial charge in [0, 0.05) is 51.9 Å². The van der Waals surface area contributed by atoms with E-state index in [0.29, 0.717) is 24.8 Å². The summed E-state index contributed by atoms with van der Waals surface area (Å²) in [4.78, 5) is 22.5. The van der Waals surface area contributed by atoms with Crippen LogP contribution in [-0.4, -0.2) is 64.0 Å². The van der Waals surface area contributed by atoms with Crippen LogP contribution in [0.5, 0.6) is 5.88 Å². The molecule has 3 aromatic rings. The summed E-state index contributed by atoms with van der Waals surface area (Å²) in [5, 5.41) is 5.52. The van der Waals surface area contributed by atoms with Crippen molar-refractivity contribution in [2.45, 2.75) is 18.9 Å². The van der Waals surface area contributed by atoms with Gasteiger partial charge in [0.15, 0.2) is 0 Å². The Morgan fingerprint density at radius 1 is 1.21 bits per heavy atom. The predicted molar refractivity (Wildman–Crippen MR) is 104 cm³/mol. The molecule has 0 aliphatic carbocycles. The van der Waals surface area contributed by atoms with Crippen molar-refractivity contribution in [2.24, 2.45) is 7.05 Å². The standard InChI is InChI=1S/C20H23N5O3/c1-24(2)20(26)15-12-13(4-8-21-15)18-17-16(25(3)23-18)5-9-22-19(17)28-14-6-10-27-11-7-14/h4-5,8-9,12,14H,6-7,10-11H2,1-3H3.